The Bertz CT molecular complexity index is 1160. The Kier molecular flexibility index (Phi) is 4.87. The second-order valence-corrected chi connectivity index (χ2v) is 7.29. The van der Waals surface area contributed by atoms with Crippen molar-refractivity contribution >= 4 is 38.4 Å². The zero-order valence-corrected chi connectivity index (χ0v) is 15.9. The van der Waals surface area contributed by atoms with Crippen LogP contribution in [0.4, 0.5) is 5.13 Å². The van der Waals surface area contributed by atoms with E-state index in [1.54, 1.807) is 29.5 Å². The Morgan fingerprint density at radius 1 is 0.964 bits per heavy atom. The molecule has 2 N–H and O–H groups in total. The number of nitrogens with zero attached hydrogens (tertiary/aromatic N) is 2. The zero-order chi connectivity index (χ0) is 19.5. The van der Waals surface area contributed by atoms with E-state index in [-0.39, 0.29) is 5.56 Å². The van der Waals surface area contributed by atoms with Crippen LogP contribution in [0.5, 0.6) is 0 Å². The van der Waals surface area contributed by atoms with Gasteiger partial charge in [-0.15, -0.1) is 0 Å². The van der Waals surface area contributed by atoms with E-state index < -0.39 is 5.97 Å². The second kappa shape index (κ2) is 7.62. The molecule has 1 heterocycles. The van der Waals surface area contributed by atoms with Gasteiger partial charge in [0.2, 0.25) is 5.13 Å². The van der Waals surface area contributed by atoms with Crippen LogP contribution in [-0.2, 0) is 0 Å². The molecule has 0 saturated heterocycles. The molecule has 138 valence electrons. The Labute approximate surface area is 166 Å². The Balaban J connectivity index is 1.58. The Hall–Kier alpha value is -3.51. The van der Waals surface area contributed by atoms with Crippen LogP contribution in [0.3, 0.4) is 0 Å². The minimum absolute atomic E-state index is 0.269. The molecule has 0 aliphatic heterocycles. The fourth-order valence-corrected chi connectivity index (χ4v) is 3.68. The van der Waals surface area contributed by atoms with Gasteiger partial charge in [-0.3, -0.25) is 5.43 Å². The van der Waals surface area contributed by atoms with Gasteiger partial charge in [-0.25, -0.2) is 9.78 Å². The van der Waals surface area contributed by atoms with Gasteiger partial charge in [-0.05, 0) is 53.9 Å². The third kappa shape index (κ3) is 3.77. The van der Waals surface area contributed by atoms with Crippen molar-refractivity contribution in [1.82, 2.24) is 4.98 Å². The van der Waals surface area contributed by atoms with Gasteiger partial charge in [-0.1, -0.05) is 53.8 Å². The fourth-order valence-electron chi connectivity index (χ4n) is 2.87. The molecule has 0 unspecified atom stereocenters. The van der Waals surface area contributed by atoms with Crippen LogP contribution >= 0.6 is 11.3 Å². The van der Waals surface area contributed by atoms with E-state index in [1.807, 2.05) is 61.5 Å². The number of rotatable bonds is 5. The monoisotopic (exact) mass is 387 g/mol. The highest BCUT2D eigenvalue weighted by molar-refractivity contribution is 7.22. The van der Waals surface area contributed by atoms with Crippen molar-refractivity contribution in [3.8, 4) is 11.1 Å². The molecule has 3 aromatic carbocycles. The molecule has 0 amide bonds. The molecule has 4 aromatic rings. The molecular formula is C22H17N3O2S. The molecule has 0 bridgehead atoms. The van der Waals surface area contributed by atoms with E-state index in [1.165, 1.54) is 0 Å². The number of carboxylic acids is 1. The number of fused-ring (bicyclic) bond motifs is 1. The van der Waals surface area contributed by atoms with Crippen LogP contribution in [0, 0.1) is 0 Å². The quantitative estimate of drug-likeness (QED) is 0.350. The van der Waals surface area contributed by atoms with Gasteiger partial charge in [0.1, 0.15) is 0 Å². The normalized spacial score (nSPS) is 11.5. The zero-order valence-electron chi connectivity index (χ0n) is 15.1. The second-order valence-electron chi connectivity index (χ2n) is 6.26. The standard InChI is InChI=1S/C22H17N3O2S/c1-14(24-25-22-23-19-10-2-3-11-20(19)28-22)15-6-4-7-16(12-15)17-8-5-9-18(13-17)21(26)27/h2-13H,1H3,(H,23,25)(H,26,27)/b24-14+. The van der Waals surface area contributed by atoms with Crippen LogP contribution in [-0.4, -0.2) is 21.8 Å². The molecule has 0 spiro atoms. The maximum absolute atomic E-state index is 11.2. The van der Waals surface area contributed by atoms with Crippen LogP contribution in [0.1, 0.15) is 22.8 Å². The highest BCUT2D eigenvalue weighted by Crippen LogP contribution is 2.26. The van der Waals surface area contributed by atoms with Crippen molar-refractivity contribution in [2.24, 2.45) is 5.10 Å². The SMILES string of the molecule is C/C(=N\Nc1nc2ccccc2s1)c1cccc(-c2cccc(C(=O)O)c2)c1. The number of benzene rings is 3. The topological polar surface area (TPSA) is 74.6 Å². The van der Waals surface area contributed by atoms with Gasteiger partial charge in [0.05, 0.1) is 21.5 Å². The molecular weight excluding hydrogens is 370 g/mol. The van der Waals surface area contributed by atoms with Crippen LogP contribution in [0.2, 0.25) is 0 Å². The number of aromatic carboxylic acids is 1. The van der Waals surface area contributed by atoms with Gasteiger partial charge in [0.15, 0.2) is 0 Å². The third-order valence-electron chi connectivity index (χ3n) is 4.34. The molecule has 1 aromatic heterocycles. The van der Waals surface area contributed by atoms with E-state index in [2.05, 4.69) is 15.5 Å². The van der Waals surface area contributed by atoms with Crippen molar-refractivity contribution in [2.45, 2.75) is 6.92 Å². The smallest absolute Gasteiger partial charge is 0.335 e. The first-order chi connectivity index (χ1) is 13.6. The average molecular weight is 387 g/mol. The summed E-state index contributed by atoms with van der Waals surface area (Å²) in [6.07, 6.45) is 0. The lowest BCUT2D eigenvalue weighted by molar-refractivity contribution is 0.0697. The molecule has 0 atom stereocenters. The number of para-hydroxylation sites is 1. The molecule has 0 aliphatic rings. The molecule has 4 rings (SSSR count). The van der Waals surface area contributed by atoms with Crippen LogP contribution < -0.4 is 5.43 Å². The maximum Gasteiger partial charge on any atom is 0.335 e. The first-order valence-electron chi connectivity index (χ1n) is 8.70. The van der Waals surface area contributed by atoms with Crippen LogP contribution in [0.25, 0.3) is 21.3 Å². The van der Waals surface area contributed by atoms with E-state index in [0.29, 0.717) is 0 Å². The first kappa shape index (κ1) is 17.9. The van der Waals surface area contributed by atoms with Gasteiger partial charge < -0.3 is 5.11 Å². The van der Waals surface area contributed by atoms with E-state index in [4.69, 9.17) is 0 Å². The molecule has 5 nitrogen and oxygen atoms in total. The molecule has 6 heteroatoms. The van der Waals surface area contributed by atoms with E-state index in [0.717, 1.165) is 37.8 Å². The van der Waals surface area contributed by atoms with Gasteiger partial charge >= 0.3 is 5.97 Å². The van der Waals surface area contributed by atoms with Crippen LogP contribution in [0.15, 0.2) is 77.9 Å². The summed E-state index contributed by atoms with van der Waals surface area (Å²) >= 11 is 1.55. The van der Waals surface area contributed by atoms with Crippen molar-refractivity contribution in [2.75, 3.05) is 5.43 Å². The van der Waals surface area contributed by atoms with Gasteiger partial charge in [-0.2, -0.15) is 5.10 Å². The number of hydrazone groups is 1. The predicted molar refractivity (Wildman–Crippen MR) is 114 cm³/mol. The lowest BCUT2D eigenvalue weighted by Crippen LogP contribution is -2.00. The molecule has 0 saturated carbocycles. The Morgan fingerprint density at radius 2 is 1.64 bits per heavy atom. The number of anilines is 1. The Morgan fingerprint density at radius 3 is 2.36 bits per heavy atom. The molecule has 0 fully saturated rings. The van der Waals surface area contributed by atoms with E-state index in [9.17, 15) is 9.90 Å². The van der Waals surface area contributed by atoms with Crippen molar-refractivity contribution in [1.29, 1.82) is 0 Å². The van der Waals surface area contributed by atoms with Crippen molar-refractivity contribution in [3.63, 3.8) is 0 Å². The van der Waals surface area contributed by atoms with Gasteiger partial charge in [0.25, 0.3) is 0 Å². The minimum Gasteiger partial charge on any atom is -0.478 e. The number of thiazole rings is 1. The number of hydrogen-bond donors (Lipinski definition) is 2. The summed E-state index contributed by atoms with van der Waals surface area (Å²) in [7, 11) is 0. The maximum atomic E-state index is 11.2. The average Bonchev–Trinajstić information content (AvgIpc) is 3.15. The summed E-state index contributed by atoms with van der Waals surface area (Å²) in [5.74, 6) is -0.934. The third-order valence-corrected chi connectivity index (χ3v) is 5.28. The molecule has 0 radical (unpaired) electrons. The summed E-state index contributed by atoms with van der Waals surface area (Å²) in [6, 6.07) is 22.7. The van der Waals surface area contributed by atoms with Gasteiger partial charge in [0, 0.05) is 0 Å². The lowest BCUT2D eigenvalue weighted by atomic mass is 10.00. The summed E-state index contributed by atoms with van der Waals surface area (Å²) < 4.78 is 1.11. The predicted octanol–water partition coefficient (Wildman–Crippen LogP) is 5.50. The number of carboxylic acid groups (broad SMARTS) is 1. The van der Waals surface area contributed by atoms with Crippen molar-refractivity contribution in [3.05, 3.63) is 83.9 Å². The highest BCUT2D eigenvalue weighted by Gasteiger charge is 2.07. The first-order valence-corrected chi connectivity index (χ1v) is 9.52. The molecule has 28 heavy (non-hydrogen) atoms. The fraction of sp³-hybridized carbons (Fsp3) is 0.0455. The summed E-state index contributed by atoms with van der Waals surface area (Å²) in [5.41, 5.74) is 7.81. The summed E-state index contributed by atoms with van der Waals surface area (Å²) in [4.78, 5) is 15.7. The molecule has 0 aliphatic carbocycles. The summed E-state index contributed by atoms with van der Waals surface area (Å²) in [6.45, 7) is 1.92. The number of nitrogens with one attached hydrogen (secondary N) is 1. The highest BCUT2D eigenvalue weighted by atomic mass is 32.1. The number of carbonyl (C=O) groups is 1. The number of hydrogen-bond acceptors (Lipinski definition) is 5. The lowest BCUT2D eigenvalue weighted by Gasteiger charge is -2.07. The van der Waals surface area contributed by atoms with E-state index >= 15 is 0 Å². The largest absolute Gasteiger partial charge is 0.478 e. The minimum atomic E-state index is -0.934. The number of aromatic nitrogens is 1. The summed E-state index contributed by atoms with van der Waals surface area (Å²) in [5, 5.41) is 14.4. The van der Waals surface area contributed by atoms with Crippen molar-refractivity contribution < 1.29 is 9.90 Å².